The average Bonchev–Trinajstić information content (AvgIpc) is 2.45. The third-order valence-corrected chi connectivity index (χ3v) is 2.72. The van der Waals surface area contributed by atoms with E-state index in [0.29, 0.717) is 0 Å². The molecule has 0 unspecified atom stereocenters. The summed E-state index contributed by atoms with van der Waals surface area (Å²) in [5.74, 6) is -1.61. The molecule has 4 N–H and O–H groups in total. The fourth-order valence-electron chi connectivity index (χ4n) is 1.83. The lowest BCUT2D eigenvalue weighted by molar-refractivity contribution is -0.384. The van der Waals surface area contributed by atoms with Crippen LogP contribution in [-0.2, 0) is 0 Å². The Morgan fingerprint density at radius 1 is 1.29 bits per heavy atom. The molecule has 1 heterocycles. The van der Waals surface area contributed by atoms with Gasteiger partial charge >= 0.3 is 6.36 Å². The number of aromatic nitrogens is 2. The molecular weight excluding hydrogens is 333 g/mol. The molecule has 0 spiro atoms. The molecule has 1 aromatic heterocycles. The second-order valence-corrected chi connectivity index (χ2v) is 4.29. The number of nitro groups is 1. The predicted octanol–water partition coefficient (Wildman–Crippen LogP) is 1.99. The number of nitro benzene ring substituents is 1. The minimum absolute atomic E-state index is 0.385. The lowest BCUT2D eigenvalue weighted by Gasteiger charge is -2.14. The minimum atomic E-state index is -5.07. The van der Waals surface area contributed by atoms with Crippen molar-refractivity contribution >= 4 is 17.5 Å². The van der Waals surface area contributed by atoms with Gasteiger partial charge in [-0.15, -0.1) is 13.2 Å². The number of benzene rings is 1. The summed E-state index contributed by atoms with van der Waals surface area (Å²) in [4.78, 5) is 17.2. The number of ether oxygens (including phenoxy) is 1. The van der Waals surface area contributed by atoms with Gasteiger partial charge in [0.05, 0.1) is 16.2 Å². The molecule has 2 aromatic rings. The molecule has 0 radical (unpaired) electrons. The van der Waals surface area contributed by atoms with E-state index >= 15 is 0 Å². The molecular formula is C12H7F3N6O3. The van der Waals surface area contributed by atoms with Crippen molar-refractivity contribution in [1.29, 1.82) is 5.26 Å². The summed E-state index contributed by atoms with van der Waals surface area (Å²) in [5, 5.41) is 20.0. The molecule has 0 saturated carbocycles. The van der Waals surface area contributed by atoms with Gasteiger partial charge in [0.2, 0.25) is 5.95 Å². The van der Waals surface area contributed by atoms with Crippen LogP contribution in [0.4, 0.5) is 30.6 Å². The van der Waals surface area contributed by atoms with Gasteiger partial charge < -0.3 is 16.2 Å². The quantitative estimate of drug-likeness (QED) is 0.635. The van der Waals surface area contributed by atoms with Crippen LogP contribution in [0.3, 0.4) is 0 Å². The number of non-ortho nitro benzene ring substituents is 1. The summed E-state index contributed by atoms with van der Waals surface area (Å²) < 4.78 is 41.4. The van der Waals surface area contributed by atoms with Crippen LogP contribution in [0.15, 0.2) is 18.2 Å². The lowest BCUT2D eigenvalue weighted by Crippen LogP contribution is -2.18. The van der Waals surface area contributed by atoms with E-state index in [-0.39, 0.29) is 5.82 Å². The lowest BCUT2D eigenvalue weighted by atomic mass is 10.0. The van der Waals surface area contributed by atoms with Gasteiger partial charge in [-0.2, -0.15) is 10.2 Å². The number of hydrogen-bond acceptors (Lipinski definition) is 8. The fourth-order valence-corrected chi connectivity index (χ4v) is 1.83. The van der Waals surface area contributed by atoms with Crippen molar-refractivity contribution < 1.29 is 22.8 Å². The highest BCUT2D eigenvalue weighted by Crippen LogP contribution is 2.38. The van der Waals surface area contributed by atoms with Crippen molar-refractivity contribution in [1.82, 2.24) is 9.97 Å². The van der Waals surface area contributed by atoms with Gasteiger partial charge in [-0.3, -0.25) is 10.1 Å². The highest BCUT2D eigenvalue weighted by Gasteiger charge is 2.33. The highest BCUT2D eigenvalue weighted by molar-refractivity contribution is 5.78. The monoisotopic (exact) mass is 340 g/mol. The van der Waals surface area contributed by atoms with E-state index in [9.17, 15) is 23.3 Å². The standard InChI is InChI=1S/C12H7F3N6O3/c13-12(14,15)24-8-2-1-5(21(22)23)3-6(8)9-7(4-16)10(17)20-11(18)19-9/h1-3H,(H4,17,18,19,20). The minimum Gasteiger partial charge on any atom is -0.405 e. The molecule has 0 aliphatic rings. The van der Waals surface area contributed by atoms with E-state index in [1.165, 1.54) is 0 Å². The summed E-state index contributed by atoms with van der Waals surface area (Å²) in [7, 11) is 0. The Balaban J connectivity index is 2.78. The molecule has 0 amide bonds. The van der Waals surface area contributed by atoms with E-state index in [4.69, 9.17) is 16.7 Å². The van der Waals surface area contributed by atoms with Crippen LogP contribution in [0.25, 0.3) is 11.3 Å². The van der Waals surface area contributed by atoms with Crippen molar-refractivity contribution in [2.75, 3.05) is 11.5 Å². The zero-order valence-corrected chi connectivity index (χ0v) is 11.5. The number of halogens is 3. The smallest absolute Gasteiger partial charge is 0.405 e. The van der Waals surface area contributed by atoms with Crippen molar-refractivity contribution in [3.63, 3.8) is 0 Å². The Morgan fingerprint density at radius 3 is 2.50 bits per heavy atom. The molecule has 0 aliphatic heterocycles. The number of rotatable bonds is 3. The predicted molar refractivity (Wildman–Crippen MR) is 74.3 cm³/mol. The summed E-state index contributed by atoms with van der Waals surface area (Å²) in [6.45, 7) is 0. The van der Waals surface area contributed by atoms with E-state index in [1.54, 1.807) is 6.07 Å². The van der Waals surface area contributed by atoms with Crippen LogP contribution < -0.4 is 16.2 Å². The Kier molecular flexibility index (Phi) is 4.10. The van der Waals surface area contributed by atoms with Gasteiger partial charge in [0.25, 0.3) is 5.69 Å². The van der Waals surface area contributed by atoms with Crippen LogP contribution in [-0.4, -0.2) is 21.3 Å². The SMILES string of the molecule is N#Cc1c(N)nc(N)nc1-c1cc([N+](=O)[O-])ccc1OC(F)(F)F. The molecule has 2 rings (SSSR count). The first-order chi connectivity index (χ1) is 11.1. The van der Waals surface area contributed by atoms with E-state index in [1.807, 2.05) is 0 Å². The maximum Gasteiger partial charge on any atom is 0.573 e. The van der Waals surface area contributed by atoms with Crippen LogP contribution >= 0.6 is 0 Å². The van der Waals surface area contributed by atoms with Gasteiger partial charge in [0, 0.05) is 12.1 Å². The number of nitrogen functional groups attached to an aromatic ring is 2. The van der Waals surface area contributed by atoms with E-state index in [2.05, 4.69) is 14.7 Å². The van der Waals surface area contributed by atoms with Crippen LogP contribution in [0, 0.1) is 21.4 Å². The van der Waals surface area contributed by atoms with Crippen molar-refractivity contribution in [2.24, 2.45) is 0 Å². The highest BCUT2D eigenvalue weighted by atomic mass is 19.4. The Hall–Kier alpha value is -3.62. The normalized spacial score (nSPS) is 10.9. The number of nitriles is 1. The molecule has 12 heteroatoms. The number of hydrogen-bond donors (Lipinski definition) is 2. The van der Waals surface area contributed by atoms with Crippen molar-refractivity contribution in [3.05, 3.63) is 33.9 Å². The van der Waals surface area contributed by atoms with Crippen LogP contribution in [0.5, 0.6) is 5.75 Å². The fraction of sp³-hybridized carbons (Fsp3) is 0.0833. The van der Waals surface area contributed by atoms with Gasteiger partial charge in [0.1, 0.15) is 23.2 Å². The third-order valence-electron chi connectivity index (χ3n) is 2.72. The maximum absolute atomic E-state index is 12.5. The number of nitrogens with two attached hydrogens (primary N) is 2. The molecule has 0 bridgehead atoms. The number of nitrogens with zero attached hydrogens (tertiary/aromatic N) is 4. The largest absolute Gasteiger partial charge is 0.573 e. The van der Waals surface area contributed by atoms with Gasteiger partial charge in [0.15, 0.2) is 0 Å². The zero-order chi connectivity index (χ0) is 18.1. The third kappa shape index (κ3) is 3.40. The van der Waals surface area contributed by atoms with Crippen LogP contribution in [0.1, 0.15) is 5.56 Å². The molecule has 0 saturated heterocycles. The van der Waals surface area contributed by atoms with E-state index < -0.39 is 45.5 Å². The molecule has 0 fully saturated rings. The molecule has 0 atom stereocenters. The maximum atomic E-state index is 12.5. The summed E-state index contributed by atoms with van der Waals surface area (Å²) in [6.07, 6.45) is -5.07. The first-order valence-electron chi connectivity index (χ1n) is 6.00. The average molecular weight is 340 g/mol. The van der Waals surface area contributed by atoms with Crippen molar-refractivity contribution in [3.8, 4) is 23.1 Å². The molecule has 1 aromatic carbocycles. The molecule has 124 valence electrons. The second kappa shape index (κ2) is 5.88. The molecule has 9 nitrogen and oxygen atoms in total. The number of anilines is 2. The molecule has 0 aliphatic carbocycles. The van der Waals surface area contributed by atoms with Crippen LogP contribution in [0.2, 0.25) is 0 Å². The first kappa shape index (κ1) is 16.7. The summed E-state index contributed by atoms with van der Waals surface area (Å²) >= 11 is 0. The van der Waals surface area contributed by atoms with Gasteiger partial charge in [-0.1, -0.05) is 0 Å². The number of alkyl halides is 3. The van der Waals surface area contributed by atoms with Crippen molar-refractivity contribution in [2.45, 2.75) is 6.36 Å². The van der Waals surface area contributed by atoms with Gasteiger partial charge in [-0.25, -0.2) is 4.98 Å². The topological polar surface area (TPSA) is 154 Å². The summed E-state index contributed by atoms with van der Waals surface area (Å²) in [5.41, 5.74) is 9.06. The Morgan fingerprint density at radius 2 is 1.96 bits per heavy atom. The zero-order valence-electron chi connectivity index (χ0n) is 11.5. The first-order valence-corrected chi connectivity index (χ1v) is 6.00. The van der Waals surface area contributed by atoms with Gasteiger partial charge in [-0.05, 0) is 6.07 Å². The second-order valence-electron chi connectivity index (χ2n) is 4.29. The van der Waals surface area contributed by atoms with E-state index in [0.717, 1.165) is 18.2 Å². The Labute approximate surface area is 131 Å². The summed E-state index contributed by atoms with van der Waals surface area (Å²) in [6, 6.07) is 3.93. The Bertz CT molecular complexity index is 862. The molecule has 24 heavy (non-hydrogen) atoms.